The zero-order chi connectivity index (χ0) is 12.1. The fraction of sp³-hybridized carbons (Fsp3) is 0.500. The predicted molar refractivity (Wildman–Crippen MR) is 64.5 cm³/mol. The Morgan fingerprint density at radius 3 is 2.56 bits per heavy atom. The second kappa shape index (κ2) is 5.61. The number of nitro groups is 1. The van der Waals surface area contributed by atoms with E-state index in [0.29, 0.717) is 12.0 Å². The summed E-state index contributed by atoms with van der Waals surface area (Å²) in [6, 6.07) is 7.29. The highest BCUT2D eigenvalue weighted by molar-refractivity contribution is 5.40. The van der Waals surface area contributed by atoms with Crippen molar-refractivity contribution in [2.24, 2.45) is 5.92 Å². The summed E-state index contributed by atoms with van der Waals surface area (Å²) in [7, 11) is 1.90. The largest absolute Gasteiger partial charge is 0.317 e. The van der Waals surface area contributed by atoms with Gasteiger partial charge in [-0.2, -0.15) is 0 Å². The summed E-state index contributed by atoms with van der Waals surface area (Å²) >= 11 is 0. The minimum absolute atomic E-state index is 0.220. The lowest BCUT2D eigenvalue weighted by Crippen LogP contribution is -2.29. The van der Waals surface area contributed by atoms with Crippen LogP contribution in [-0.2, 0) is 6.42 Å². The van der Waals surface area contributed by atoms with Crippen molar-refractivity contribution in [1.82, 2.24) is 5.32 Å². The number of hydrogen-bond donors (Lipinski definition) is 1. The van der Waals surface area contributed by atoms with E-state index in [2.05, 4.69) is 19.2 Å². The summed E-state index contributed by atoms with van der Waals surface area (Å²) < 4.78 is 0. The van der Waals surface area contributed by atoms with Gasteiger partial charge < -0.3 is 5.32 Å². The first-order valence-electron chi connectivity index (χ1n) is 5.45. The van der Waals surface area contributed by atoms with Gasteiger partial charge in [-0.3, -0.25) is 10.1 Å². The molecule has 88 valence electrons. The van der Waals surface area contributed by atoms with Crippen LogP contribution in [0.4, 0.5) is 5.69 Å². The van der Waals surface area contributed by atoms with Gasteiger partial charge >= 0.3 is 0 Å². The molecular formula is C12H18N2O2. The van der Waals surface area contributed by atoms with E-state index in [1.807, 2.05) is 19.2 Å². The van der Waals surface area contributed by atoms with Crippen molar-refractivity contribution in [3.05, 3.63) is 39.9 Å². The molecule has 1 aromatic carbocycles. The Morgan fingerprint density at radius 1 is 1.38 bits per heavy atom. The van der Waals surface area contributed by atoms with E-state index >= 15 is 0 Å². The van der Waals surface area contributed by atoms with Gasteiger partial charge in [0.05, 0.1) is 4.92 Å². The van der Waals surface area contributed by atoms with E-state index in [-0.39, 0.29) is 10.6 Å². The van der Waals surface area contributed by atoms with Crippen LogP contribution in [0.5, 0.6) is 0 Å². The summed E-state index contributed by atoms with van der Waals surface area (Å²) in [6.07, 6.45) is 0.721. The summed E-state index contributed by atoms with van der Waals surface area (Å²) in [5.41, 5.74) is 1.03. The maximum absolute atomic E-state index is 10.8. The molecule has 1 aromatic rings. The average Bonchev–Trinajstić information content (AvgIpc) is 2.28. The van der Waals surface area contributed by atoms with Crippen molar-refractivity contribution in [2.75, 3.05) is 7.05 Å². The molecule has 4 heteroatoms. The Kier molecular flexibility index (Phi) is 4.43. The molecule has 2 atom stereocenters. The summed E-state index contributed by atoms with van der Waals surface area (Å²) in [5, 5.41) is 14.0. The number of rotatable bonds is 5. The fourth-order valence-corrected chi connectivity index (χ4v) is 1.67. The van der Waals surface area contributed by atoms with Gasteiger partial charge in [0.15, 0.2) is 0 Å². The zero-order valence-electron chi connectivity index (χ0n) is 9.93. The first-order valence-corrected chi connectivity index (χ1v) is 5.45. The van der Waals surface area contributed by atoms with Gasteiger partial charge in [0.2, 0.25) is 0 Å². The quantitative estimate of drug-likeness (QED) is 0.614. The number of benzene rings is 1. The van der Waals surface area contributed by atoms with Crippen molar-refractivity contribution in [2.45, 2.75) is 26.3 Å². The monoisotopic (exact) mass is 222 g/mol. The number of para-hydroxylation sites is 1. The molecule has 0 aromatic heterocycles. The lowest BCUT2D eigenvalue weighted by molar-refractivity contribution is -0.385. The average molecular weight is 222 g/mol. The molecule has 0 fully saturated rings. The predicted octanol–water partition coefficient (Wildman–Crippen LogP) is 2.38. The third-order valence-electron chi connectivity index (χ3n) is 3.04. The second-order valence-electron chi connectivity index (χ2n) is 4.14. The molecule has 1 rings (SSSR count). The molecule has 0 amide bonds. The molecule has 0 saturated carbocycles. The van der Waals surface area contributed by atoms with Crippen molar-refractivity contribution in [3.8, 4) is 0 Å². The molecule has 0 aliphatic rings. The molecule has 0 saturated heterocycles. The SMILES string of the molecule is CNC(C)C(C)Cc1ccccc1[N+](=O)[O-]. The second-order valence-corrected chi connectivity index (χ2v) is 4.14. The van der Waals surface area contributed by atoms with Crippen LogP contribution in [0.25, 0.3) is 0 Å². The van der Waals surface area contributed by atoms with Crippen molar-refractivity contribution in [1.29, 1.82) is 0 Å². The van der Waals surface area contributed by atoms with E-state index < -0.39 is 0 Å². The van der Waals surface area contributed by atoms with E-state index in [9.17, 15) is 10.1 Å². The van der Waals surface area contributed by atoms with Crippen LogP contribution >= 0.6 is 0 Å². The minimum atomic E-state index is -0.313. The number of nitrogens with one attached hydrogen (secondary N) is 1. The number of nitro benzene ring substituents is 1. The molecule has 0 aliphatic carbocycles. The van der Waals surface area contributed by atoms with Gasteiger partial charge in [0, 0.05) is 17.7 Å². The maximum atomic E-state index is 10.8. The molecule has 1 N–H and O–H groups in total. The molecule has 16 heavy (non-hydrogen) atoms. The Balaban J connectivity index is 2.84. The zero-order valence-corrected chi connectivity index (χ0v) is 9.93. The molecule has 0 radical (unpaired) electrons. The highest BCUT2D eigenvalue weighted by Gasteiger charge is 2.17. The Morgan fingerprint density at radius 2 is 2.00 bits per heavy atom. The summed E-state index contributed by atoms with van der Waals surface area (Å²) in [6.45, 7) is 4.18. The Hall–Kier alpha value is -1.42. The third-order valence-corrected chi connectivity index (χ3v) is 3.04. The smallest absolute Gasteiger partial charge is 0.272 e. The number of nitrogens with zero attached hydrogens (tertiary/aromatic N) is 1. The standard InChI is InChI=1S/C12H18N2O2/c1-9(10(2)13-3)8-11-6-4-5-7-12(11)14(15)16/h4-7,9-10,13H,8H2,1-3H3. The Labute approximate surface area is 95.8 Å². The van der Waals surface area contributed by atoms with Crippen LogP contribution in [0.15, 0.2) is 24.3 Å². The molecular weight excluding hydrogens is 204 g/mol. The van der Waals surface area contributed by atoms with Crippen LogP contribution < -0.4 is 5.32 Å². The molecule has 0 heterocycles. The number of hydrogen-bond acceptors (Lipinski definition) is 3. The fourth-order valence-electron chi connectivity index (χ4n) is 1.67. The molecule has 2 unspecified atom stereocenters. The lowest BCUT2D eigenvalue weighted by atomic mass is 9.94. The maximum Gasteiger partial charge on any atom is 0.272 e. The van der Waals surface area contributed by atoms with E-state index in [1.165, 1.54) is 0 Å². The minimum Gasteiger partial charge on any atom is -0.317 e. The first-order chi connectivity index (χ1) is 7.56. The normalized spacial score (nSPS) is 14.4. The lowest BCUT2D eigenvalue weighted by Gasteiger charge is -2.19. The van der Waals surface area contributed by atoms with Crippen molar-refractivity contribution < 1.29 is 4.92 Å². The summed E-state index contributed by atoms with van der Waals surface area (Å²) in [4.78, 5) is 10.5. The topological polar surface area (TPSA) is 55.2 Å². The van der Waals surface area contributed by atoms with Crippen LogP contribution in [0.3, 0.4) is 0 Å². The molecule has 0 spiro atoms. The first kappa shape index (κ1) is 12.6. The van der Waals surface area contributed by atoms with Crippen LogP contribution in [0.2, 0.25) is 0 Å². The van der Waals surface area contributed by atoms with Crippen molar-refractivity contribution >= 4 is 5.69 Å². The molecule has 0 bridgehead atoms. The van der Waals surface area contributed by atoms with Gasteiger partial charge in [0.25, 0.3) is 5.69 Å². The van der Waals surface area contributed by atoms with Gasteiger partial charge in [-0.15, -0.1) is 0 Å². The van der Waals surface area contributed by atoms with Gasteiger partial charge in [0.1, 0.15) is 0 Å². The van der Waals surface area contributed by atoms with Crippen LogP contribution in [0.1, 0.15) is 19.4 Å². The van der Waals surface area contributed by atoms with Gasteiger partial charge in [-0.1, -0.05) is 25.1 Å². The van der Waals surface area contributed by atoms with Crippen molar-refractivity contribution in [3.63, 3.8) is 0 Å². The summed E-state index contributed by atoms with van der Waals surface area (Å²) in [5.74, 6) is 0.367. The highest BCUT2D eigenvalue weighted by Crippen LogP contribution is 2.22. The van der Waals surface area contributed by atoms with E-state index in [0.717, 1.165) is 12.0 Å². The molecule has 4 nitrogen and oxygen atoms in total. The van der Waals surface area contributed by atoms with E-state index in [4.69, 9.17) is 0 Å². The van der Waals surface area contributed by atoms with Crippen LogP contribution in [0, 0.1) is 16.0 Å². The van der Waals surface area contributed by atoms with Gasteiger partial charge in [-0.25, -0.2) is 0 Å². The molecule has 0 aliphatic heterocycles. The third kappa shape index (κ3) is 3.03. The highest BCUT2D eigenvalue weighted by atomic mass is 16.6. The van der Waals surface area contributed by atoms with Gasteiger partial charge in [-0.05, 0) is 26.3 Å². The van der Waals surface area contributed by atoms with E-state index in [1.54, 1.807) is 12.1 Å². The van der Waals surface area contributed by atoms with Crippen LogP contribution in [-0.4, -0.2) is 18.0 Å². The Bertz CT molecular complexity index is 366.